The van der Waals surface area contributed by atoms with Gasteiger partial charge in [-0.25, -0.2) is 0 Å². The molecule has 13 aromatic rings. The van der Waals surface area contributed by atoms with Gasteiger partial charge in [0, 0.05) is 91.2 Å². The Morgan fingerprint density at radius 1 is 0.391 bits per heavy atom. The Bertz CT molecular complexity index is 4420. The zero-order valence-electron chi connectivity index (χ0n) is 36.5. The van der Waals surface area contributed by atoms with Crippen LogP contribution in [0.15, 0.2) is 195 Å². The Labute approximate surface area is 393 Å². The van der Waals surface area contributed by atoms with E-state index in [1.54, 1.807) is 0 Å². The molecule has 1 aliphatic heterocycles. The van der Waals surface area contributed by atoms with Gasteiger partial charge in [0.05, 0.1) is 79.4 Å². The van der Waals surface area contributed by atoms with Gasteiger partial charge in [0.15, 0.2) is 0 Å². The van der Waals surface area contributed by atoms with Crippen molar-refractivity contribution in [2.24, 2.45) is 0 Å². The summed E-state index contributed by atoms with van der Waals surface area (Å²) in [5.74, 6) is 1.43. The van der Waals surface area contributed by atoms with Crippen LogP contribution >= 0.6 is 0 Å². The van der Waals surface area contributed by atoms with Crippen LogP contribution in [-0.2, 0) is 5.41 Å². The van der Waals surface area contributed by atoms with Crippen LogP contribution in [0.25, 0.3) is 93.9 Å². The van der Waals surface area contributed by atoms with Gasteiger partial charge in [-0.2, -0.15) is 10.5 Å². The molecule has 0 bridgehead atoms. The molecular weight excluding hydrogens is 849 g/mol. The average molecular weight is 881 g/mol. The van der Waals surface area contributed by atoms with Crippen molar-refractivity contribution in [1.82, 2.24) is 28.7 Å². The van der Waals surface area contributed by atoms with E-state index in [1.165, 1.54) is 0 Å². The SMILES string of the molecule is N#Cc1ccc2c(c1)c1ccccc1n2-c1ccc2c(c1)Oc1cc(-n3c4ccc(C#N)cc4c4cc(-n5c6ccccc6c6ccncc65)ccc43)ccc1C21c2cccnc2-c2ncccc21. The fourth-order valence-corrected chi connectivity index (χ4v) is 11.8. The lowest BCUT2D eigenvalue weighted by atomic mass is 9.66. The van der Waals surface area contributed by atoms with Gasteiger partial charge in [-0.1, -0.05) is 60.7 Å². The summed E-state index contributed by atoms with van der Waals surface area (Å²) < 4.78 is 14.1. The number of fused-ring (bicyclic) bond motifs is 18. The summed E-state index contributed by atoms with van der Waals surface area (Å²) in [6.45, 7) is 0. The van der Waals surface area contributed by atoms with E-state index in [1.807, 2.05) is 79.4 Å². The van der Waals surface area contributed by atoms with Crippen molar-refractivity contribution in [3.63, 3.8) is 0 Å². The van der Waals surface area contributed by atoms with E-state index in [4.69, 9.17) is 14.7 Å². The molecule has 0 unspecified atom stereocenters. The molecule has 9 heteroatoms. The molecule has 0 atom stereocenters. The monoisotopic (exact) mass is 880 g/mol. The van der Waals surface area contributed by atoms with Crippen LogP contribution in [-0.4, -0.2) is 28.7 Å². The van der Waals surface area contributed by atoms with Crippen molar-refractivity contribution in [3.05, 3.63) is 228 Å². The van der Waals surface area contributed by atoms with E-state index in [9.17, 15) is 10.5 Å². The van der Waals surface area contributed by atoms with E-state index < -0.39 is 5.41 Å². The number of hydrogen-bond donors (Lipinski definition) is 0. The van der Waals surface area contributed by atoms with Gasteiger partial charge >= 0.3 is 0 Å². The highest BCUT2D eigenvalue weighted by atomic mass is 16.5. The van der Waals surface area contributed by atoms with E-state index in [2.05, 4.69) is 146 Å². The van der Waals surface area contributed by atoms with Crippen molar-refractivity contribution in [1.29, 1.82) is 10.5 Å². The first-order valence-electron chi connectivity index (χ1n) is 22.8. The Hall–Kier alpha value is -9.83. The van der Waals surface area contributed by atoms with Crippen molar-refractivity contribution in [2.75, 3.05) is 0 Å². The second kappa shape index (κ2) is 13.6. The van der Waals surface area contributed by atoms with Crippen molar-refractivity contribution in [3.8, 4) is 52.1 Å². The van der Waals surface area contributed by atoms with Gasteiger partial charge < -0.3 is 18.4 Å². The Morgan fingerprint density at radius 3 is 1.45 bits per heavy atom. The van der Waals surface area contributed by atoms with Crippen LogP contribution in [0.1, 0.15) is 33.4 Å². The molecule has 9 nitrogen and oxygen atoms in total. The summed E-state index contributed by atoms with van der Waals surface area (Å²) in [5, 5.41) is 26.4. The van der Waals surface area contributed by atoms with Crippen LogP contribution in [0.2, 0.25) is 0 Å². The highest BCUT2D eigenvalue weighted by Gasteiger charge is 2.52. The van der Waals surface area contributed by atoms with Gasteiger partial charge in [0.2, 0.25) is 0 Å². The fraction of sp³-hybridized carbons (Fsp3) is 0.0167. The summed E-state index contributed by atoms with van der Waals surface area (Å²) in [5.41, 5.74) is 15.1. The number of para-hydroxylation sites is 2. The van der Waals surface area contributed by atoms with Gasteiger partial charge in [-0.05, 0) is 108 Å². The van der Waals surface area contributed by atoms with Gasteiger partial charge in [0.1, 0.15) is 11.5 Å². The van der Waals surface area contributed by atoms with Crippen molar-refractivity contribution < 1.29 is 4.74 Å². The maximum absolute atomic E-state index is 10.2. The number of ether oxygens (including phenoxy) is 1. The molecular formula is C60H32N8O. The predicted octanol–water partition coefficient (Wildman–Crippen LogP) is 13.4. The van der Waals surface area contributed by atoms with Crippen LogP contribution in [0.5, 0.6) is 11.5 Å². The number of nitrogens with zero attached hydrogens (tertiary/aromatic N) is 8. The van der Waals surface area contributed by atoms with E-state index in [-0.39, 0.29) is 0 Å². The average Bonchev–Trinajstić information content (AvgIpc) is 4.12. The number of nitriles is 2. The molecule has 7 heterocycles. The highest BCUT2D eigenvalue weighted by Crippen LogP contribution is 2.61. The summed E-state index contributed by atoms with van der Waals surface area (Å²) in [6, 6.07) is 63.4. The van der Waals surface area contributed by atoms with Gasteiger partial charge in [-0.15, -0.1) is 0 Å². The number of benzene rings is 7. The quantitative estimate of drug-likeness (QED) is 0.175. The lowest BCUT2D eigenvalue weighted by Crippen LogP contribution is -2.32. The summed E-state index contributed by atoms with van der Waals surface area (Å²) in [4.78, 5) is 14.5. The minimum Gasteiger partial charge on any atom is -0.457 e. The molecule has 69 heavy (non-hydrogen) atoms. The molecule has 0 amide bonds. The molecule has 0 fully saturated rings. The number of aromatic nitrogens is 6. The Kier molecular flexibility index (Phi) is 7.38. The van der Waals surface area contributed by atoms with Crippen LogP contribution in [0.4, 0.5) is 0 Å². The Morgan fingerprint density at radius 2 is 0.855 bits per heavy atom. The standard InChI is InChI=1S/C60H32N8O/c61-32-35-13-20-52-43(27-35)41-8-2-4-12-51(41)66(52)38-15-18-46-56(30-38)69-57-31-39(16-19-47(57)60(46)48-9-5-24-64-58(48)59-49(60)10-6-25-65-59)67-53-21-14-36(33-62)28-44(53)45-29-37(17-22-54(45)67)68-50-11-3-1-7-40(50)42-23-26-63-34-55(42)68/h1-31,34H. The van der Waals surface area contributed by atoms with Crippen molar-refractivity contribution in [2.45, 2.75) is 5.41 Å². The molecule has 15 rings (SSSR count). The molecule has 1 spiro atoms. The van der Waals surface area contributed by atoms with E-state index in [0.29, 0.717) is 16.9 Å². The summed E-state index contributed by atoms with van der Waals surface area (Å²) in [7, 11) is 0. The molecule has 6 aromatic heterocycles. The largest absolute Gasteiger partial charge is 0.457 e. The second-order valence-corrected chi connectivity index (χ2v) is 17.8. The molecule has 0 saturated heterocycles. The van der Waals surface area contributed by atoms with Crippen LogP contribution in [0.3, 0.4) is 0 Å². The van der Waals surface area contributed by atoms with E-state index in [0.717, 1.165) is 122 Å². The third kappa shape index (κ3) is 4.87. The minimum atomic E-state index is -0.801. The summed E-state index contributed by atoms with van der Waals surface area (Å²) in [6.07, 6.45) is 7.46. The summed E-state index contributed by atoms with van der Waals surface area (Å²) >= 11 is 0. The topological polar surface area (TPSA) is 110 Å². The number of hydrogen-bond acceptors (Lipinski definition) is 6. The van der Waals surface area contributed by atoms with Crippen molar-refractivity contribution >= 4 is 65.4 Å². The zero-order chi connectivity index (χ0) is 45.5. The van der Waals surface area contributed by atoms with Gasteiger partial charge in [0.25, 0.3) is 0 Å². The Balaban J connectivity index is 0.975. The molecule has 0 saturated carbocycles. The first-order chi connectivity index (χ1) is 34.1. The lowest BCUT2D eigenvalue weighted by Gasteiger charge is -2.39. The molecule has 2 aliphatic rings. The highest BCUT2D eigenvalue weighted by molar-refractivity contribution is 6.13. The smallest absolute Gasteiger partial charge is 0.134 e. The molecule has 1 aliphatic carbocycles. The lowest BCUT2D eigenvalue weighted by molar-refractivity contribution is 0.436. The molecule has 0 N–H and O–H groups in total. The molecule has 318 valence electrons. The fourth-order valence-electron chi connectivity index (χ4n) is 11.8. The third-order valence-electron chi connectivity index (χ3n) is 14.5. The number of rotatable bonds is 3. The van der Waals surface area contributed by atoms with Crippen LogP contribution in [0, 0.1) is 22.7 Å². The molecule has 7 aromatic carbocycles. The number of pyridine rings is 3. The zero-order valence-corrected chi connectivity index (χ0v) is 36.5. The predicted molar refractivity (Wildman–Crippen MR) is 270 cm³/mol. The maximum atomic E-state index is 10.2. The van der Waals surface area contributed by atoms with E-state index >= 15 is 0 Å². The first-order valence-corrected chi connectivity index (χ1v) is 22.8. The normalized spacial score (nSPS) is 13.1. The first kappa shape index (κ1) is 37.4. The maximum Gasteiger partial charge on any atom is 0.134 e. The third-order valence-corrected chi connectivity index (χ3v) is 14.5. The minimum absolute atomic E-state index is 0.589. The molecule has 0 radical (unpaired) electrons. The van der Waals surface area contributed by atoms with Gasteiger partial charge in [-0.3, -0.25) is 15.0 Å². The second-order valence-electron chi connectivity index (χ2n) is 17.8. The van der Waals surface area contributed by atoms with Crippen LogP contribution < -0.4 is 4.74 Å².